The first-order chi connectivity index (χ1) is 51.9. The molecule has 0 aliphatic rings. The van der Waals surface area contributed by atoms with Gasteiger partial charge in [0.25, 0.3) is 0 Å². The summed E-state index contributed by atoms with van der Waals surface area (Å²) >= 11 is 1.73. The first kappa shape index (κ1) is 94.9. The van der Waals surface area contributed by atoms with Gasteiger partial charge in [-0.2, -0.15) is 0 Å². The molecule has 0 amide bonds. The predicted molar refractivity (Wildman–Crippen MR) is 431 cm³/mol. The van der Waals surface area contributed by atoms with Crippen molar-refractivity contribution in [3.63, 3.8) is 0 Å². The van der Waals surface area contributed by atoms with Crippen LogP contribution in [0.2, 0.25) is 0 Å². The van der Waals surface area contributed by atoms with Crippen LogP contribution in [-0.2, 0) is 110 Å². The van der Waals surface area contributed by atoms with Crippen molar-refractivity contribution < 1.29 is 120 Å². The number of hydrogen-bond donors (Lipinski definition) is 2. The van der Waals surface area contributed by atoms with Crippen LogP contribution in [0.15, 0.2) is 370 Å². The molecular weight excluding hydrogens is 2280 g/mol. The summed E-state index contributed by atoms with van der Waals surface area (Å²) in [6, 6.07) is 121. The number of carbonyl (C=O) groups excluding carboxylic acids is 2. The van der Waals surface area contributed by atoms with E-state index in [-0.39, 0.29) is 124 Å². The Labute approximate surface area is 723 Å². The van der Waals surface area contributed by atoms with Crippen LogP contribution in [-0.4, -0.2) is 56.7 Å². The zero-order valence-corrected chi connectivity index (χ0v) is 73.8. The van der Waals surface area contributed by atoms with Crippen LogP contribution in [0.5, 0.6) is 0 Å². The van der Waals surface area contributed by atoms with E-state index in [1.165, 1.54) is 66.3 Å². The van der Waals surface area contributed by atoms with Crippen LogP contribution in [0.3, 0.4) is 0 Å². The van der Waals surface area contributed by atoms with Gasteiger partial charge < -0.3 is 45.1 Å². The molecule has 4 radical (unpaired) electrons. The van der Waals surface area contributed by atoms with Gasteiger partial charge in [0.2, 0.25) is 0 Å². The fourth-order valence-electron chi connectivity index (χ4n) is 9.53. The van der Waals surface area contributed by atoms with Gasteiger partial charge in [-0.3, -0.25) is 9.59 Å². The van der Waals surface area contributed by atoms with Crippen LogP contribution in [0.25, 0.3) is 99.0 Å². The van der Waals surface area contributed by atoms with Gasteiger partial charge in [0, 0.05) is 142 Å². The van der Waals surface area contributed by atoms with E-state index in [0.29, 0.717) is 0 Å². The molecule has 16 rings (SSSR count). The number of aromatic nitrogens is 7. The molecule has 16 aromatic rings. The Morgan fingerprint density at radius 2 is 0.649 bits per heavy atom. The van der Waals surface area contributed by atoms with Crippen molar-refractivity contribution in [3.8, 4) is 78.1 Å². The van der Waals surface area contributed by atoms with Crippen molar-refractivity contribution in [3.05, 3.63) is 418 Å². The number of carbonyl (C=O) groups is 2. The number of pyridine rings is 7. The molecular formula is C94H76Ir5N7O4S-4. The van der Waals surface area contributed by atoms with Crippen molar-refractivity contribution in [2.75, 3.05) is 0 Å². The number of ketones is 2. The number of nitrogens with zero attached hydrogens (tertiary/aromatic N) is 7. The molecule has 0 fully saturated rings. The number of benzene rings is 8. The maximum atomic E-state index is 10.0. The number of aliphatic hydroxyl groups is 2. The Morgan fingerprint density at radius 1 is 0.333 bits per heavy atom. The second kappa shape index (κ2) is 55.2. The van der Waals surface area contributed by atoms with E-state index < -0.39 is 0 Å². The summed E-state index contributed by atoms with van der Waals surface area (Å²) in [6.45, 7) is 7.76. The summed E-state index contributed by atoms with van der Waals surface area (Å²) < 4.78 is 1.26. The summed E-state index contributed by atoms with van der Waals surface area (Å²) in [4.78, 5) is 51.1. The van der Waals surface area contributed by atoms with Crippen molar-refractivity contribution in [1.82, 2.24) is 34.9 Å². The largest absolute Gasteiger partial charge is 3.00 e. The van der Waals surface area contributed by atoms with Crippen LogP contribution in [0.4, 0.5) is 0 Å². The van der Waals surface area contributed by atoms with E-state index in [1.54, 1.807) is 36.1 Å². The molecule has 0 unspecified atom stereocenters. The Kier molecular flexibility index (Phi) is 47.2. The number of aliphatic hydroxyl groups excluding tert-OH is 2. The van der Waals surface area contributed by atoms with Gasteiger partial charge >= 0.3 is 20.1 Å². The van der Waals surface area contributed by atoms with Crippen LogP contribution in [0, 0.1) is 49.4 Å². The zero-order valence-electron chi connectivity index (χ0n) is 61.0. The Balaban J connectivity index is 0.000000325. The molecule has 11 nitrogen and oxygen atoms in total. The second-order valence-electron chi connectivity index (χ2n) is 22.7. The smallest absolute Gasteiger partial charge is 0.512 e. The molecule has 8 heterocycles. The summed E-state index contributed by atoms with van der Waals surface area (Å²) in [7, 11) is 0. The van der Waals surface area contributed by atoms with Gasteiger partial charge in [-0.15, -0.1) is 239 Å². The summed E-state index contributed by atoms with van der Waals surface area (Å²) in [6.07, 6.45) is 15.0. The molecule has 0 spiro atoms. The van der Waals surface area contributed by atoms with Crippen molar-refractivity contribution in [2.45, 2.75) is 34.6 Å². The average molecular weight is 2360 g/mol. The number of fused-ring (bicyclic) bond motifs is 2. The minimum absolute atomic E-state index is 0. The monoisotopic (exact) mass is 2360 g/mol. The molecule has 8 aromatic carbocycles. The fourth-order valence-corrected chi connectivity index (χ4v) is 10.5. The van der Waals surface area contributed by atoms with E-state index in [1.807, 2.05) is 286 Å². The van der Waals surface area contributed by atoms with Gasteiger partial charge in [0.15, 0.2) is 11.6 Å². The first-order valence-electron chi connectivity index (χ1n) is 33.7. The second-order valence-corrected chi connectivity index (χ2v) is 23.7. The third-order valence-corrected chi connectivity index (χ3v) is 15.3. The molecule has 0 saturated heterocycles. The Morgan fingerprint density at radius 3 is 0.973 bits per heavy atom. The van der Waals surface area contributed by atoms with E-state index >= 15 is 0 Å². The third kappa shape index (κ3) is 35.5. The first-order valence-corrected chi connectivity index (χ1v) is 34.5. The average Bonchev–Trinajstić information content (AvgIpc) is 1.72. The quantitative estimate of drug-likeness (QED) is 0.0803. The van der Waals surface area contributed by atoms with Crippen LogP contribution >= 0.6 is 11.3 Å². The summed E-state index contributed by atoms with van der Waals surface area (Å²) in [5.74, 6) is -0.125. The minimum atomic E-state index is -0.125. The van der Waals surface area contributed by atoms with E-state index in [4.69, 9.17) is 10.2 Å². The topological polar surface area (TPSA) is 165 Å². The molecule has 566 valence electrons. The number of aryl methyl sites for hydroxylation is 1. The molecule has 111 heavy (non-hydrogen) atoms. The molecule has 17 heteroatoms. The van der Waals surface area contributed by atoms with Crippen molar-refractivity contribution in [1.29, 1.82) is 0 Å². The Bertz CT molecular complexity index is 4690. The molecule has 2 N–H and O–H groups in total. The molecule has 0 atom stereocenters. The van der Waals surface area contributed by atoms with E-state index in [2.05, 4.69) is 121 Å². The van der Waals surface area contributed by atoms with Crippen LogP contribution < -0.4 is 0 Å². The molecule has 8 aromatic heterocycles. The maximum Gasteiger partial charge on any atom is 3.00 e. The van der Waals surface area contributed by atoms with Crippen LogP contribution in [0.1, 0.15) is 33.3 Å². The predicted octanol–water partition coefficient (Wildman–Crippen LogP) is 22.6. The normalized spacial score (nSPS) is 9.74. The number of thiophene rings is 1. The minimum Gasteiger partial charge on any atom is -0.512 e. The standard InChI is InChI=1S/C15H10N.C13H8NS.C12H10N.4C11H8N.2C5H8O2.5Ir/c1-2-7-13(8-3-1)15-14-9-5-4-6-12(14)10-11-16-15;1-2-7-12-10(5-1)9-13(15-12)11-6-3-4-8-14-11;1-10-7-8-13-12(9-10)11-5-3-2-4-6-11;4*1-2-6-10(7-3-1)11-8-4-5-9-12-11;2*1-4(6)3-5(2)7;;;;;/h1-7,9-11H;1-8H;2-5,7-9H,1H3;4*1-6,8-9H;2*3,6H,1-2H3;;;;;/q7*-1;;;;;;;+3. The number of rotatable bonds is 9. The van der Waals surface area contributed by atoms with Gasteiger partial charge in [-0.1, -0.05) is 109 Å². The summed E-state index contributed by atoms with van der Waals surface area (Å²) in [5.41, 5.74) is 14.3. The summed E-state index contributed by atoms with van der Waals surface area (Å²) in [5, 5.41) is 20.3. The van der Waals surface area contributed by atoms with E-state index in [9.17, 15) is 9.59 Å². The van der Waals surface area contributed by atoms with Gasteiger partial charge in [-0.25, -0.2) is 11.3 Å². The van der Waals surface area contributed by atoms with Crippen molar-refractivity contribution in [2.24, 2.45) is 0 Å². The molecule has 0 aliphatic heterocycles. The maximum absolute atomic E-state index is 10.0. The van der Waals surface area contributed by atoms with Gasteiger partial charge in [-0.05, 0) is 132 Å². The van der Waals surface area contributed by atoms with Crippen molar-refractivity contribution >= 4 is 43.8 Å². The molecule has 0 aliphatic carbocycles. The number of allylic oxidation sites excluding steroid dienone is 4. The van der Waals surface area contributed by atoms with Gasteiger partial charge in [0.1, 0.15) is 0 Å². The molecule has 0 bridgehead atoms. The molecule has 0 saturated carbocycles. The number of hydrogen-bond acceptors (Lipinski definition) is 12. The Hall–Kier alpha value is -10.3. The SMILES string of the molecule is CC(=O)C=C(C)O.CC(=O)C=C(C)O.Cc1ccnc(-c2[c-]cccc2)c1.[Ir+3].[Ir].[Ir].[Ir].[Ir].[c-]1c(-c2ccccn2)sc2ccccc12.[c-]1ccccc1-c1ccccn1.[c-]1ccccc1-c1ccccn1.[c-]1ccccc1-c1ccccn1.[c-]1ccccc1-c1ccccn1.[c-]1ccccc1-c1nccc2ccccc12. The third-order valence-electron chi connectivity index (χ3n) is 14.2. The zero-order chi connectivity index (χ0) is 74.6. The fraction of sp³-hybridized carbons (Fsp3) is 0.0532. The van der Waals surface area contributed by atoms with Gasteiger partial charge in [0.05, 0.1) is 11.5 Å². The van der Waals surface area contributed by atoms with E-state index in [0.717, 1.165) is 78.1 Å².